The van der Waals surface area contributed by atoms with Gasteiger partial charge in [-0.15, -0.1) is 0 Å². The number of anilines is 2. The number of rotatable bonds is 0. The Kier molecular flexibility index (Phi) is 1.20. The van der Waals surface area contributed by atoms with Crippen LogP contribution in [-0.4, -0.2) is 26.1 Å². The second kappa shape index (κ2) is 2.25. The van der Waals surface area contributed by atoms with Crippen LogP contribution in [0.3, 0.4) is 0 Å². The van der Waals surface area contributed by atoms with Gasteiger partial charge < -0.3 is 9.80 Å². The molecule has 0 N–H and O–H groups in total. The molecule has 3 heteroatoms. The fourth-order valence-corrected chi connectivity index (χ4v) is 2.07. The van der Waals surface area contributed by atoms with Gasteiger partial charge in [0.25, 0.3) is 0 Å². The van der Waals surface area contributed by atoms with Crippen LogP contribution >= 0.6 is 0 Å². The second-order valence-corrected chi connectivity index (χ2v) is 3.43. The lowest BCUT2D eigenvalue weighted by atomic mass is 10.2. The summed E-state index contributed by atoms with van der Waals surface area (Å²) >= 11 is 0. The number of hydrogen-bond acceptors (Lipinski definition) is 3. The maximum Gasteiger partial charge on any atom is 0.198 e. The summed E-state index contributed by atoms with van der Waals surface area (Å²) in [4.78, 5) is 8.93. The molecule has 3 nitrogen and oxygen atoms in total. The van der Waals surface area contributed by atoms with Crippen LogP contribution in [0.5, 0.6) is 0 Å². The fraction of sp³-hybridized carbons (Fsp3) is 0.300. The summed E-state index contributed by atoms with van der Waals surface area (Å²) in [5.41, 5.74) is 2.58. The third kappa shape index (κ3) is 0.763. The molecule has 0 aliphatic carbocycles. The molecule has 1 atom stereocenters. The Morgan fingerprint density at radius 3 is 2.92 bits per heavy atom. The molecule has 0 radical (unpaired) electrons. The Morgan fingerprint density at radius 1 is 1.31 bits per heavy atom. The Labute approximate surface area is 77.3 Å². The first-order valence-electron chi connectivity index (χ1n) is 4.48. The minimum absolute atomic E-state index is 0.206. The summed E-state index contributed by atoms with van der Waals surface area (Å²) in [6.07, 6.45) is 2.19. The van der Waals surface area contributed by atoms with E-state index in [1.807, 2.05) is 6.21 Å². The van der Waals surface area contributed by atoms with Crippen molar-refractivity contribution in [2.45, 2.75) is 6.29 Å². The summed E-state index contributed by atoms with van der Waals surface area (Å²) in [5.74, 6) is 0. The lowest BCUT2D eigenvalue weighted by Gasteiger charge is -2.20. The Morgan fingerprint density at radius 2 is 2.08 bits per heavy atom. The fourth-order valence-electron chi connectivity index (χ4n) is 2.07. The maximum absolute atomic E-state index is 4.42. The Hall–Kier alpha value is -1.51. The second-order valence-electron chi connectivity index (χ2n) is 3.43. The first kappa shape index (κ1) is 6.95. The van der Waals surface area contributed by atoms with E-state index >= 15 is 0 Å². The molecule has 2 aliphatic heterocycles. The first-order chi connectivity index (χ1) is 6.38. The van der Waals surface area contributed by atoms with Gasteiger partial charge in [-0.2, -0.15) is 0 Å². The molecular formula is C10H11N3. The zero-order valence-corrected chi connectivity index (χ0v) is 7.51. The van der Waals surface area contributed by atoms with E-state index in [0.29, 0.717) is 0 Å². The Bertz CT molecular complexity index is 372. The summed E-state index contributed by atoms with van der Waals surface area (Å²) in [5, 5.41) is 0. The zero-order valence-electron chi connectivity index (χ0n) is 7.51. The van der Waals surface area contributed by atoms with Gasteiger partial charge in [-0.3, -0.25) is 4.99 Å². The minimum Gasteiger partial charge on any atom is -0.334 e. The highest BCUT2D eigenvalue weighted by molar-refractivity contribution is 5.83. The van der Waals surface area contributed by atoms with E-state index in [9.17, 15) is 0 Å². The average molecular weight is 173 g/mol. The lowest BCUT2D eigenvalue weighted by molar-refractivity contribution is 0.700. The third-order valence-corrected chi connectivity index (χ3v) is 2.71. The van der Waals surface area contributed by atoms with Gasteiger partial charge in [-0.1, -0.05) is 12.1 Å². The van der Waals surface area contributed by atoms with Crippen molar-refractivity contribution in [1.82, 2.24) is 0 Å². The van der Waals surface area contributed by atoms with Crippen molar-refractivity contribution in [2.75, 3.05) is 23.4 Å². The average Bonchev–Trinajstić information content (AvgIpc) is 2.72. The lowest BCUT2D eigenvalue weighted by Crippen LogP contribution is -2.36. The van der Waals surface area contributed by atoms with Crippen LogP contribution in [-0.2, 0) is 0 Å². The molecule has 0 spiro atoms. The molecule has 13 heavy (non-hydrogen) atoms. The molecule has 0 amide bonds. The summed E-state index contributed by atoms with van der Waals surface area (Å²) in [6.45, 7) is 0.937. The molecule has 2 heterocycles. The van der Waals surface area contributed by atoms with Gasteiger partial charge in [0.05, 0.1) is 17.9 Å². The topological polar surface area (TPSA) is 18.8 Å². The monoisotopic (exact) mass is 173 g/mol. The molecule has 0 fully saturated rings. The largest absolute Gasteiger partial charge is 0.334 e. The molecule has 0 saturated heterocycles. The highest BCUT2D eigenvalue weighted by Crippen LogP contribution is 2.39. The SMILES string of the molecule is CN1c2ccccc2N2CC=NC12. The number of aliphatic imine (C=N–C) groups is 1. The quantitative estimate of drug-likeness (QED) is 0.589. The van der Waals surface area contributed by atoms with Gasteiger partial charge in [0.1, 0.15) is 0 Å². The molecular weight excluding hydrogens is 162 g/mol. The van der Waals surface area contributed by atoms with Gasteiger partial charge in [0.2, 0.25) is 0 Å². The number of fused-ring (bicyclic) bond motifs is 3. The van der Waals surface area contributed by atoms with Crippen molar-refractivity contribution in [3.8, 4) is 0 Å². The van der Waals surface area contributed by atoms with Crippen molar-refractivity contribution in [2.24, 2.45) is 4.99 Å². The van der Waals surface area contributed by atoms with Crippen LogP contribution < -0.4 is 9.80 Å². The van der Waals surface area contributed by atoms with Crippen molar-refractivity contribution < 1.29 is 0 Å². The van der Waals surface area contributed by atoms with Crippen LogP contribution in [0.1, 0.15) is 0 Å². The maximum atomic E-state index is 4.42. The van der Waals surface area contributed by atoms with Crippen LogP contribution in [0.15, 0.2) is 29.3 Å². The number of benzene rings is 1. The van der Waals surface area contributed by atoms with E-state index in [0.717, 1.165) is 6.54 Å². The van der Waals surface area contributed by atoms with Gasteiger partial charge in [-0.05, 0) is 12.1 Å². The first-order valence-corrected chi connectivity index (χ1v) is 4.48. The molecule has 3 rings (SSSR count). The third-order valence-electron chi connectivity index (χ3n) is 2.71. The van der Waals surface area contributed by atoms with Crippen LogP contribution in [0.2, 0.25) is 0 Å². The van der Waals surface area contributed by atoms with Crippen LogP contribution in [0.25, 0.3) is 0 Å². The number of para-hydroxylation sites is 2. The molecule has 1 unspecified atom stereocenters. The molecule has 0 aromatic heterocycles. The predicted molar refractivity (Wildman–Crippen MR) is 54.5 cm³/mol. The van der Waals surface area contributed by atoms with Crippen molar-refractivity contribution in [1.29, 1.82) is 0 Å². The molecule has 66 valence electrons. The highest BCUT2D eigenvalue weighted by atomic mass is 15.5. The number of hydrogen-bond donors (Lipinski definition) is 0. The molecule has 0 saturated carbocycles. The van der Waals surface area contributed by atoms with Gasteiger partial charge in [-0.25, -0.2) is 0 Å². The van der Waals surface area contributed by atoms with Crippen molar-refractivity contribution >= 4 is 17.6 Å². The molecule has 2 aliphatic rings. The van der Waals surface area contributed by atoms with E-state index in [4.69, 9.17) is 0 Å². The van der Waals surface area contributed by atoms with E-state index in [-0.39, 0.29) is 6.29 Å². The molecule has 1 aromatic rings. The van der Waals surface area contributed by atoms with Crippen LogP contribution in [0.4, 0.5) is 11.4 Å². The molecule has 0 bridgehead atoms. The Balaban J connectivity index is 2.16. The summed E-state index contributed by atoms with van der Waals surface area (Å²) < 4.78 is 0. The zero-order chi connectivity index (χ0) is 8.84. The molecule has 1 aromatic carbocycles. The normalized spacial score (nSPS) is 23.6. The van der Waals surface area contributed by atoms with Crippen LogP contribution in [0, 0.1) is 0 Å². The minimum atomic E-state index is 0.206. The summed E-state index contributed by atoms with van der Waals surface area (Å²) in [7, 11) is 2.09. The highest BCUT2D eigenvalue weighted by Gasteiger charge is 2.34. The van der Waals surface area contributed by atoms with E-state index < -0.39 is 0 Å². The van der Waals surface area contributed by atoms with Gasteiger partial charge >= 0.3 is 0 Å². The summed E-state index contributed by atoms with van der Waals surface area (Å²) in [6, 6.07) is 8.44. The van der Waals surface area contributed by atoms with Crippen molar-refractivity contribution in [3.05, 3.63) is 24.3 Å². The smallest absolute Gasteiger partial charge is 0.198 e. The van der Waals surface area contributed by atoms with Crippen molar-refractivity contribution in [3.63, 3.8) is 0 Å². The van der Waals surface area contributed by atoms with Gasteiger partial charge in [0, 0.05) is 13.3 Å². The standard InChI is InChI=1S/C10H11N3/c1-12-8-4-2-3-5-9(8)13-7-6-11-10(12)13/h2-6,10H,7H2,1H3. The van der Waals surface area contributed by atoms with Gasteiger partial charge in [0.15, 0.2) is 6.29 Å². The van der Waals surface area contributed by atoms with E-state index in [1.165, 1.54) is 11.4 Å². The van der Waals surface area contributed by atoms with E-state index in [2.05, 4.69) is 46.1 Å². The predicted octanol–water partition coefficient (Wildman–Crippen LogP) is 1.31. The number of nitrogens with zero attached hydrogens (tertiary/aromatic N) is 3. The van der Waals surface area contributed by atoms with E-state index in [1.54, 1.807) is 0 Å².